The first-order valence-corrected chi connectivity index (χ1v) is 6.45. The van der Waals surface area contributed by atoms with Gasteiger partial charge in [-0.1, -0.05) is 0 Å². The van der Waals surface area contributed by atoms with Crippen LogP contribution < -0.4 is 4.90 Å². The first-order chi connectivity index (χ1) is 9.86. The molecule has 0 amide bonds. The van der Waals surface area contributed by atoms with Crippen LogP contribution in [0.3, 0.4) is 0 Å². The van der Waals surface area contributed by atoms with Gasteiger partial charge in [0.15, 0.2) is 0 Å². The molecule has 1 aliphatic rings. The Labute approximate surface area is 119 Å². The Hall–Kier alpha value is -1.90. The minimum absolute atomic E-state index is 0.0296. The van der Waals surface area contributed by atoms with E-state index in [9.17, 15) is 18.0 Å². The average molecular weight is 304 g/mol. The van der Waals surface area contributed by atoms with Crippen LogP contribution in [-0.4, -0.2) is 58.7 Å². The number of halogens is 3. The minimum atomic E-state index is -4.50. The van der Waals surface area contributed by atoms with Crippen LogP contribution in [0.25, 0.3) is 0 Å². The van der Waals surface area contributed by atoms with Crippen molar-refractivity contribution in [2.45, 2.75) is 12.6 Å². The Kier molecular flexibility index (Phi) is 4.61. The van der Waals surface area contributed by atoms with E-state index in [0.717, 1.165) is 12.3 Å². The van der Waals surface area contributed by atoms with Crippen molar-refractivity contribution in [3.63, 3.8) is 0 Å². The quantitative estimate of drug-likeness (QED) is 0.901. The highest BCUT2D eigenvalue weighted by molar-refractivity contribution is 5.69. The van der Waals surface area contributed by atoms with Crippen LogP contribution in [0.2, 0.25) is 0 Å². The maximum Gasteiger partial charge on any atom is 0.433 e. The number of carboxylic acids is 1. The predicted octanol–water partition coefficient (Wildman–Crippen LogP) is 1.09. The van der Waals surface area contributed by atoms with E-state index in [0.29, 0.717) is 32.6 Å². The van der Waals surface area contributed by atoms with Crippen LogP contribution in [0, 0.1) is 0 Å². The van der Waals surface area contributed by atoms with Gasteiger partial charge in [0.2, 0.25) is 5.95 Å². The second-order valence-corrected chi connectivity index (χ2v) is 4.75. The number of nitrogens with zero attached hydrogens (tertiary/aromatic N) is 4. The van der Waals surface area contributed by atoms with E-state index in [2.05, 4.69) is 9.97 Å². The second kappa shape index (κ2) is 6.25. The first-order valence-electron chi connectivity index (χ1n) is 6.45. The molecule has 1 aromatic rings. The maximum atomic E-state index is 12.6. The van der Waals surface area contributed by atoms with Crippen molar-refractivity contribution in [2.24, 2.45) is 0 Å². The smallest absolute Gasteiger partial charge is 0.433 e. The summed E-state index contributed by atoms with van der Waals surface area (Å²) in [4.78, 5) is 21.5. The third-order valence-corrected chi connectivity index (χ3v) is 3.16. The number of anilines is 1. The van der Waals surface area contributed by atoms with Gasteiger partial charge in [-0.15, -0.1) is 0 Å². The van der Waals surface area contributed by atoms with Crippen LogP contribution >= 0.6 is 0 Å². The monoisotopic (exact) mass is 304 g/mol. The number of aliphatic carboxylic acids is 1. The number of aromatic nitrogens is 2. The third kappa shape index (κ3) is 4.28. The van der Waals surface area contributed by atoms with Crippen LogP contribution in [0.15, 0.2) is 12.3 Å². The van der Waals surface area contributed by atoms with Gasteiger partial charge in [0, 0.05) is 32.4 Å². The molecule has 116 valence electrons. The second-order valence-electron chi connectivity index (χ2n) is 4.75. The number of carboxylic acid groups (broad SMARTS) is 1. The van der Waals surface area contributed by atoms with Crippen molar-refractivity contribution in [3.8, 4) is 0 Å². The van der Waals surface area contributed by atoms with Gasteiger partial charge in [-0.3, -0.25) is 9.69 Å². The number of rotatable bonds is 3. The van der Waals surface area contributed by atoms with Crippen molar-refractivity contribution >= 4 is 11.9 Å². The summed E-state index contributed by atoms with van der Waals surface area (Å²) >= 11 is 0. The van der Waals surface area contributed by atoms with Crippen LogP contribution in [0.5, 0.6) is 0 Å². The molecule has 1 aromatic heterocycles. The van der Waals surface area contributed by atoms with Gasteiger partial charge in [0.1, 0.15) is 5.69 Å². The summed E-state index contributed by atoms with van der Waals surface area (Å²) in [6.07, 6.45) is -2.77. The maximum absolute atomic E-state index is 12.6. The standard InChI is InChI=1S/C12H15F3N4O2/c13-12(14,15)9-2-3-16-11(17-9)19-5-1-4-18(6-7-19)8-10(20)21/h2-3H,1,4-8H2,(H,20,21). The summed E-state index contributed by atoms with van der Waals surface area (Å²) < 4.78 is 37.9. The molecule has 6 nitrogen and oxygen atoms in total. The summed E-state index contributed by atoms with van der Waals surface area (Å²) in [5.41, 5.74) is -0.973. The molecule has 0 bridgehead atoms. The third-order valence-electron chi connectivity index (χ3n) is 3.16. The lowest BCUT2D eigenvalue weighted by Crippen LogP contribution is -2.34. The Morgan fingerprint density at radius 3 is 2.71 bits per heavy atom. The Bertz CT molecular complexity index is 510. The Morgan fingerprint density at radius 2 is 2.05 bits per heavy atom. The predicted molar refractivity (Wildman–Crippen MR) is 67.9 cm³/mol. The summed E-state index contributed by atoms with van der Waals surface area (Å²) in [5, 5.41) is 8.76. The van der Waals surface area contributed by atoms with E-state index in [1.54, 1.807) is 9.80 Å². The average Bonchev–Trinajstić information content (AvgIpc) is 2.63. The van der Waals surface area contributed by atoms with Gasteiger partial charge in [-0.25, -0.2) is 9.97 Å². The number of hydrogen-bond donors (Lipinski definition) is 1. The van der Waals surface area contributed by atoms with E-state index in [1.165, 1.54) is 0 Å². The molecule has 0 aromatic carbocycles. The molecule has 0 saturated carbocycles. The zero-order valence-corrected chi connectivity index (χ0v) is 11.2. The Morgan fingerprint density at radius 1 is 1.29 bits per heavy atom. The fourth-order valence-corrected chi connectivity index (χ4v) is 2.18. The topological polar surface area (TPSA) is 69.6 Å². The zero-order chi connectivity index (χ0) is 15.5. The van der Waals surface area contributed by atoms with Crippen molar-refractivity contribution in [2.75, 3.05) is 37.6 Å². The molecule has 0 spiro atoms. The fourth-order valence-electron chi connectivity index (χ4n) is 2.18. The highest BCUT2D eigenvalue weighted by Gasteiger charge is 2.33. The van der Waals surface area contributed by atoms with E-state index in [-0.39, 0.29) is 12.5 Å². The Balaban J connectivity index is 2.07. The van der Waals surface area contributed by atoms with Crippen molar-refractivity contribution in [1.82, 2.24) is 14.9 Å². The lowest BCUT2D eigenvalue weighted by Gasteiger charge is -2.21. The highest BCUT2D eigenvalue weighted by atomic mass is 19.4. The lowest BCUT2D eigenvalue weighted by molar-refractivity contribution is -0.141. The molecule has 1 aliphatic heterocycles. The first kappa shape index (κ1) is 15.5. The minimum Gasteiger partial charge on any atom is -0.480 e. The normalized spacial score (nSPS) is 17.6. The largest absolute Gasteiger partial charge is 0.480 e. The molecule has 1 saturated heterocycles. The highest BCUT2D eigenvalue weighted by Crippen LogP contribution is 2.28. The molecule has 2 heterocycles. The van der Waals surface area contributed by atoms with Gasteiger partial charge in [0.05, 0.1) is 6.54 Å². The van der Waals surface area contributed by atoms with Crippen LogP contribution in [0.4, 0.5) is 19.1 Å². The molecule has 0 radical (unpaired) electrons. The molecule has 0 atom stereocenters. The van der Waals surface area contributed by atoms with E-state index < -0.39 is 17.8 Å². The number of alkyl halides is 3. The van der Waals surface area contributed by atoms with Crippen molar-refractivity contribution in [1.29, 1.82) is 0 Å². The van der Waals surface area contributed by atoms with Gasteiger partial charge in [0.25, 0.3) is 0 Å². The van der Waals surface area contributed by atoms with Crippen molar-refractivity contribution in [3.05, 3.63) is 18.0 Å². The number of carbonyl (C=O) groups is 1. The molecule has 9 heteroatoms. The summed E-state index contributed by atoms with van der Waals surface area (Å²) in [5.74, 6) is -0.888. The molecule has 0 unspecified atom stereocenters. The zero-order valence-electron chi connectivity index (χ0n) is 11.2. The van der Waals surface area contributed by atoms with E-state index in [4.69, 9.17) is 5.11 Å². The molecule has 1 N–H and O–H groups in total. The SMILES string of the molecule is O=C(O)CN1CCCN(c2nccc(C(F)(F)F)n2)CC1. The molecule has 2 rings (SSSR count). The van der Waals surface area contributed by atoms with Gasteiger partial charge in [-0.05, 0) is 12.5 Å². The lowest BCUT2D eigenvalue weighted by atomic mass is 10.4. The number of hydrogen-bond acceptors (Lipinski definition) is 5. The van der Waals surface area contributed by atoms with E-state index in [1.807, 2.05) is 0 Å². The van der Waals surface area contributed by atoms with Crippen LogP contribution in [0.1, 0.15) is 12.1 Å². The molecule has 0 aliphatic carbocycles. The summed E-state index contributed by atoms with van der Waals surface area (Å²) in [7, 11) is 0. The van der Waals surface area contributed by atoms with Gasteiger partial charge in [-0.2, -0.15) is 13.2 Å². The summed E-state index contributed by atoms with van der Waals surface area (Å²) in [6.45, 7) is 1.86. The molecule has 21 heavy (non-hydrogen) atoms. The fraction of sp³-hybridized carbons (Fsp3) is 0.583. The molecule has 1 fully saturated rings. The summed E-state index contributed by atoms with van der Waals surface area (Å²) in [6, 6.07) is 0.831. The van der Waals surface area contributed by atoms with Gasteiger partial charge >= 0.3 is 12.1 Å². The molecular formula is C12H15F3N4O2. The van der Waals surface area contributed by atoms with Crippen molar-refractivity contribution < 1.29 is 23.1 Å². The van der Waals surface area contributed by atoms with Gasteiger partial charge < -0.3 is 10.0 Å². The van der Waals surface area contributed by atoms with Crippen LogP contribution in [-0.2, 0) is 11.0 Å². The molecular weight excluding hydrogens is 289 g/mol. The van der Waals surface area contributed by atoms with E-state index >= 15 is 0 Å².